The molecular formula is C7H9F2N3O2. The highest BCUT2D eigenvalue weighted by Gasteiger charge is 2.07. The predicted molar refractivity (Wildman–Crippen MR) is 42.0 cm³/mol. The van der Waals surface area contributed by atoms with Crippen molar-refractivity contribution in [3.05, 3.63) is 11.9 Å². The number of hydrogen-bond donors (Lipinski definition) is 1. The van der Waals surface area contributed by atoms with Crippen LogP contribution in [0.1, 0.15) is 12.1 Å². The molecule has 1 N–H and O–H groups in total. The van der Waals surface area contributed by atoms with Crippen molar-refractivity contribution >= 4 is 5.97 Å². The van der Waals surface area contributed by atoms with Gasteiger partial charge >= 0.3 is 5.97 Å². The molecule has 0 aromatic carbocycles. The molecule has 0 bridgehead atoms. The quantitative estimate of drug-likeness (QED) is 0.762. The molecule has 0 radical (unpaired) electrons. The molecule has 0 unspecified atom stereocenters. The minimum atomic E-state index is -2.48. The maximum atomic E-state index is 11.9. The second-order valence-electron chi connectivity index (χ2n) is 2.72. The standard InChI is InChI=1S/C7H9F2N3O2/c8-6(9)4-12-3-5(10-11-12)1-2-7(13)14/h3,6H,1-2,4H2,(H,13,14). The molecule has 14 heavy (non-hydrogen) atoms. The predicted octanol–water partition coefficient (Wildman–Crippen LogP) is 0.560. The normalized spacial score (nSPS) is 10.8. The van der Waals surface area contributed by atoms with Crippen molar-refractivity contribution in [2.24, 2.45) is 0 Å². The molecule has 0 aliphatic rings. The van der Waals surface area contributed by atoms with Gasteiger partial charge in [0.25, 0.3) is 6.43 Å². The van der Waals surface area contributed by atoms with Crippen LogP contribution < -0.4 is 0 Å². The summed E-state index contributed by atoms with van der Waals surface area (Å²) in [5.41, 5.74) is 0.410. The van der Waals surface area contributed by atoms with Crippen molar-refractivity contribution in [1.82, 2.24) is 15.0 Å². The number of aliphatic carboxylic acids is 1. The number of nitrogens with zero attached hydrogens (tertiary/aromatic N) is 3. The molecule has 1 aromatic heterocycles. The lowest BCUT2D eigenvalue weighted by atomic mass is 10.2. The molecular weight excluding hydrogens is 196 g/mol. The largest absolute Gasteiger partial charge is 0.481 e. The van der Waals surface area contributed by atoms with Crippen LogP contribution in [0, 0.1) is 0 Å². The number of hydrogen-bond acceptors (Lipinski definition) is 3. The highest BCUT2D eigenvalue weighted by atomic mass is 19.3. The highest BCUT2D eigenvalue weighted by molar-refractivity contribution is 5.66. The van der Waals surface area contributed by atoms with E-state index >= 15 is 0 Å². The number of halogens is 2. The van der Waals surface area contributed by atoms with E-state index in [4.69, 9.17) is 5.11 Å². The molecule has 0 aliphatic heterocycles. The Hall–Kier alpha value is -1.53. The van der Waals surface area contributed by atoms with Gasteiger partial charge in [0.05, 0.1) is 12.1 Å². The number of carboxylic acid groups (broad SMARTS) is 1. The molecule has 0 saturated carbocycles. The van der Waals surface area contributed by atoms with Gasteiger partial charge in [-0.3, -0.25) is 4.79 Å². The zero-order valence-corrected chi connectivity index (χ0v) is 7.23. The molecule has 0 atom stereocenters. The maximum Gasteiger partial charge on any atom is 0.303 e. The van der Waals surface area contributed by atoms with Crippen molar-refractivity contribution in [1.29, 1.82) is 0 Å². The Labute approximate surface area is 78.3 Å². The van der Waals surface area contributed by atoms with E-state index in [1.54, 1.807) is 0 Å². The van der Waals surface area contributed by atoms with Crippen LogP contribution in [0.5, 0.6) is 0 Å². The van der Waals surface area contributed by atoms with Gasteiger partial charge in [0.2, 0.25) is 0 Å². The number of rotatable bonds is 5. The van der Waals surface area contributed by atoms with Crippen molar-refractivity contribution in [2.75, 3.05) is 0 Å². The first kappa shape index (κ1) is 10.6. The summed E-state index contributed by atoms with van der Waals surface area (Å²) in [6.07, 6.45) is -1.02. The second-order valence-corrected chi connectivity index (χ2v) is 2.72. The van der Waals surface area contributed by atoms with Crippen LogP contribution in [-0.4, -0.2) is 32.5 Å². The zero-order valence-electron chi connectivity index (χ0n) is 7.23. The second kappa shape index (κ2) is 4.64. The van der Waals surface area contributed by atoms with E-state index in [-0.39, 0.29) is 12.8 Å². The van der Waals surface area contributed by atoms with Gasteiger partial charge in [-0.2, -0.15) is 0 Å². The first-order valence-corrected chi connectivity index (χ1v) is 3.97. The van der Waals surface area contributed by atoms with E-state index in [1.807, 2.05) is 0 Å². The van der Waals surface area contributed by atoms with Crippen molar-refractivity contribution in [3.63, 3.8) is 0 Å². The topological polar surface area (TPSA) is 68.0 Å². The third kappa shape index (κ3) is 3.46. The highest BCUT2D eigenvalue weighted by Crippen LogP contribution is 2.01. The SMILES string of the molecule is O=C(O)CCc1cn(CC(F)F)nn1. The minimum Gasteiger partial charge on any atom is -0.481 e. The van der Waals surface area contributed by atoms with E-state index in [9.17, 15) is 13.6 Å². The molecule has 78 valence electrons. The van der Waals surface area contributed by atoms with E-state index in [2.05, 4.69) is 10.3 Å². The lowest BCUT2D eigenvalue weighted by Gasteiger charge is -1.95. The number of carbonyl (C=O) groups is 1. The third-order valence-corrected chi connectivity index (χ3v) is 1.51. The zero-order chi connectivity index (χ0) is 10.6. The molecule has 1 aromatic rings. The van der Waals surface area contributed by atoms with Crippen LogP contribution in [0.15, 0.2) is 6.20 Å². The van der Waals surface area contributed by atoms with Crippen LogP contribution in [0.25, 0.3) is 0 Å². The van der Waals surface area contributed by atoms with Gasteiger partial charge in [-0.15, -0.1) is 5.10 Å². The van der Waals surface area contributed by atoms with Crippen molar-refractivity contribution in [3.8, 4) is 0 Å². The third-order valence-electron chi connectivity index (χ3n) is 1.51. The van der Waals surface area contributed by atoms with Gasteiger partial charge in [0.1, 0.15) is 6.54 Å². The Morgan fingerprint density at radius 1 is 1.64 bits per heavy atom. The van der Waals surface area contributed by atoms with E-state index in [0.717, 1.165) is 4.68 Å². The van der Waals surface area contributed by atoms with Crippen LogP contribution in [0.4, 0.5) is 8.78 Å². The summed E-state index contributed by atoms with van der Waals surface area (Å²) in [4.78, 5) is 10.2. The van der Waals surface area contributed by atoms with Crippen molar-refractivity contribution in [2.45, 2.75) is 25.8 Å². The van der Waals surface area contributed by atoms with Crippen LogP contribution in [-0.2, 0) is 17.8 Å². The van der Waals surface area contributed by atoms with Gasteiger partial charge in [-0.1, -0.05) is 5.21 Å². The summed E-state index contributed by atoms with van der Waals surface area (Å²) < 4.78 is 24.7. The van der Waals surface area contributed by atoms with Gasteiger partial charge in [0, 0.05) is 12.6 Å². The fourth-order valence-electron chi connectivity index (χ4n) is 0.919. The number of aromatic nitrogens is 3. The Bertz CT molecular complexity index is 314. The molecule has 7 heteroatoms. The molecule has 0 spiro atoms. The first-order valence-electron chi connectivity index (χ1n) is 3.97. The molecule has 1 heterocycles. The summed E-state index contributed by atoms with van der Waals surface area (Å²) in [6.45, 7) is -0.514. The fraction of sp³-hybridized carbons (Fsp3) is 0.571. The Morgan fingerprint density at radius 3 is 2.93 bits per heavy atom. The monoisotopic (exact) mass is 205 g/mol. The van der Waals surface area contributed by atoms with Crippen LogP contribution in [0.2, 0.25) is 0 Å². The average Bonchev–Trinajstić information content (AvgIpc) is 2.47. The number of alkyl halides is 2. The van der Waals surface area contributed by atoms with E-state index in [1.165, 1.54) is 6.20 Å². The molecule has 0 saturated heterocycles. The van der Waals surface area contributed by atoms with Crippen LogP contribution in [0.3, 0.4) is 0 Å². The lowest BCUT2D eigenvalue weighted by Crippen LogP contribution is -2.06. The average molecular weight is 205 g/mol. The molecule has 0 amide bonds. The van der Waals surface area contributed by atoms with Gasteiger partial charge in [-0.05, 0) is 0 Å². The fourth-order valence-corrected chi connectivity index (χ4v) is 0.919. The summed E-state index contributed by atoms with van der Waals surface area (Å²) in [6, 6.07) is 0. The van der Waals surface area contributed by atoms with Gasteiger partial charge in [-0.25, -0.2) is 13.5 Å². The number of carboxylic acids is 1. The maximum absolute atomic E-state index is 11.9. The summed E-state index contributed by atoms with van der Waals surface area (Å²) in [5.74, 6) is -0.951. The molecule has 1 rings (SSSR count). The summed E-state index contributed by atoms with van der Waals surface area (Å²) >= 11 is 0. The summed E-state index contributed by atoms with van der Waals surface area (Å²) in [5, 5.41) is 15.3. The number of aryl methyl sites for hydroxylation is 1. The smallest absolute Gasteiger partial charge is 0.303 e. The van der Waals surface area contributed by atoms with Crippen molar-refractivity contribution < 1.29 is 18.7 Å². The first-order chi connectivity index (χ1) is 6.58. The van der Waals surface area contributed by atoms with Gasteiger partial charge < -0.3 is 5.11 Å². The Morgan fingerprint density at radius 2 is 2.36 bits per heavy atom. The Kier molecular flexibility index (Phi) is 3.49. The minimum absolute atomic E-state index is 0.0760. The van der Waals surface area contributed by atoms with E-state index < -0.39 is 18.9 Å². The molecule has 5 nitrogen and oxygen atoms in total. The van der Waals surface area contributed by atoms with Gasteiger partial charge in [0.15, 0.2) is 0 Å². The lowest BCUT2D eigenvalue weighted by molar-refractivity contribution is -0.136. The van der Waals surface area contributed by atoms with Crippen LogP contribution >= 0.6 is 0 Å². The van der Waals surface area contributed by atoms with E-state index in [0.29, 0.717) is 5.69 Å². The summed E-state index contributed by atoms with van der Waals surface area (Å²) in [7, 11) is 0. The molecule has 0 fully saturated rings. The Balaban J connectivity index is 2.46. The molecule has 0 aliphatic carbocycles.